The molecule has 0 radical (unpaired) electrons. The van der Waals surface area contributed by atoms with Gasteiger partial charge >= 0.3 is 0 Å². The largest absolute Gasteiger partial charge is 0.325 e. The number of thioether (sulfide) groups is 1. The van der Waals surface area contributed by atoms with Crippen molar-refractivity contribution in [1.82, 2.24) is 13.9 Å². The Morgan fingerprint density at radius 2 is 1.79 bits per heavy atom. The number of rotatable bonds is 11. The third kappa shape index (κ3) is 6.17. The summed E-state index contributed by atoms with van der Waals surface area (Å²) in [4.78, 5) is 31.7. The standard InChI is InChI=1S/C28H30N4O4S3/c1-5-16-32-27(34)25-23(20-10-8-19(4)9-11-20)17-37-26(25)30-28(32)38-18-24(33)29-21-12-14-22(15-13-21)39(35,36)31(6-2)7-3/h5,8-15,17H,1,6-7,16,18H2,2-4H3,(H,29,33). The van der Waals surface area contributed by atoms with E-state index in [9.17, 15) is 18.0 Å². The summed E-state index contributed by atoms with van der Waals surface area (Å²) in [5.74, 6) is -0.282. The Kier molecular flexibility index (Phi) is 9.06. The average Bonchev–Trinajstić information content (AvgIpc) is 3.35. The number of carbonyl (C=O) groups is 1. The van der Waals surface area contributed by atoms with Crippen LogP contribution in [0.25, 0.3) is 21.3 Å². The summed E-state index contributed by atoms with van der Waals surface area (Å²) in [5.41, 5.74) is 3.23. The monoisotopic (exact) mass is 582 g/mol. The number of nitrogens with zero attached hydrogens (tertiary/aromatic N) is 3. The van der Waals surface area contributed by atoms with Gasteiger partial charge in [-0.05, 0) is 36.8 Å². The van der Waals surface area contributed by atoms with E-state index in [-0.39, 0.29) is 28.7 Å². The van der Waals surface area contributed by atoms with Gasteiger partial charge in [-0.25, -0.2) is 13.4 Å². The summed E-state index contributed by atoms with van der Waals surface area (Å²) in [6, 6.07) is 14.1. The first kappa shape index (κ1) is 28.8. The number of aromatic nitrogens is 2. The number of hydrogen-bond donors (Lipinski definition) is 1. The molecule has 4 aromatic rings. The molecule has 0 aliphatic rings. The average molecular weight is 583 g/mol. The van der Waals surface area contributed by atoms with Gasteiger partial charge < -0.3 is 5.32 Å². The highest BCUT2D eigenvalue weighted by Crippen LogP contribution is 2.32. The molecular weight excluding hydrogens is 553 g/mol. The van der Waals surface area contributed by atoms with E-state index in [0.29, 0.717) is 34.1 Å². The van der Waals surface area contributed by atoms with Gasteiger partial charge in [-0.2, -0.15) is 4.31 Å². The first-order chi connectivity index (χ1) is 18.7. The van der Waals surface area contributed by atoms with E-state index in [1.54, 1.807) is 32.1 Å². The molecule has 0 unspecified atom stereocenters. The summed E-state index contributed by atoms with van der Waals surface area (Å²) in [5, 5.41) is 5.70. The highest BCUT2D eigenvalue weighted by molar-refractivity contribution is 7.99. The Morgan fingerprint density at radius 1 is 1.13 bits per heavy atom. The lowest BCUT2D eigenvalue weighted by Crippen LogP contribution is -2.30. The van der Waals surface area contributed by atoms with Crippen LogP contribution in [0.2, 0.25) is 0 Å². The Morgan fingerprint density at radius 3 is 2.41 bits per heavy atom. The zero-order chi connectivity index (χ0) is 28.2. The van der Waals surface area contributed by atoms with Crippen LogP contribution in [-0.2, 0) is 21.4 Å². The minimum atomic E-state index is -3.57. The third-order valence-corrected chi connectivity index (χ3v) is 10.1. The van der Waals surface area contributed by atoms with Crippen molar-refractivity contribution >= 4 is 54.9 Å². The van der Waals surface area contributed by atoms with Crippen LogP contribution in [0.4, 0.5) is 5.69 Å². The molecule has 0 spiro atoms. The van der Waals surface area contributed by atoms with Gasteiger partial charge in [0.05, 0.1) is 16.0 Å². The van der Waals surface area contributed by atoms with E-state index in [1.165, 1.54) is 32.3 Å². The predicted molar refractivity (Wildman–Crippen MR) is 160 cm³/mol. The van der Waals surface area contributed by atoms with E-state index in [0.717, 1.165) is 28.5 Å². The number of fused-ring (bicyclic) bond motifs is 1. The van der Waals surface area contributed by atoms with Crippen LogP contribution in [0.5, 0.6) is 0 Å². The van der Waals surface area contributed by atoms with Crippen molar-refractivity contribution in [2.75, 3.05) is 24.2 Å². The van der Waals surface area contributed by atoms with E-state index in [4.69, 9.17) is 4.98 Å². The maximum Gasteiger partial charge on any atom is 0.263 e. The van der Waals surface area contributed by atoms with Crippen LogP contribution < -0.4 is 10.9 Å². The number of anilines is 1. The first-order valence-corrected chi connectivity index (χ1v) is 15.7. The molecule has 2 aromatic heterocycles. The molecule has 4 rings (SSSR count). The zero-order valence-electron chi connectivity index (χ0n) is 22.0. The number of hydrogen-bond acceptors (Lipinski definition) is 7. The number of thiophene rings is 1. The van der Waals surface area contributed by atoms with Crippen molar-refractivity contribution < 1.29 is 13.2 Å². The fraction of sp³-hybridized carbons (Fsp3) is 0.250. The van der Waals surface area contributed by atoms with Gasteiger partial charge in [0, 0.05) is 36.3 Å². The molecule has 204 valence electrons. The number of benzene rings is 2. The van der Waals surface area contributed by atoms with Crippen LogP contribution in [0.3, 0.4) is 0 Å². The predicted octanol–water partition coefficient (Wildman–Crippen LogP) is 5.38. The summed E-state index contributed by atoms with van der Waals surface area (Å²) in [6.07, 6.45) is 1.63. The molecule has 0 atom stereocenters. The van der Waals surface area contributed by atoms with E-state index in [1.807, 2.05) is 36.6 Å². The number of amides is 1. The second-order valence-electron chi connectivity index (χ2n) is 8.74. The number of nitrogens with one attached hydrogen (secondary N) is 1. The van der Waals surface area contributed by atoms with Crippen molar-refractivity contribution in [2.45, 2.75) is 37.4 Å². The van der Waals surface area contributed by atoms with Gasteiger partial charge in [0.2, 0.25) is 15.9 Å². The molecule has 11 heteroatoms. The van der Waals surface area contributed by atoms with Crippen molar-refractivity contribution in [2.24, 2.45) is 0 Å². The molecular formula is C28H30N4O4S3. The van der Waals surface area contributed by atoms with Gasteiger partial charge in [-0.1, -0.05) is 61.5 Å². The molecule has 2 heterocycles. The Balaban J connectivity index is 1.52. The molecule has 0 bridgehead atoms. The summed E-state index contributed by atoms with van der Waals surface area (Å²) < 4.78 is 28.3. The number of carbonyl (C=O) groups excluding carboxylic acids is 1. The number of allylic oxidation sites excluding steroid dienone is 1. The lowest BCUT2D eigenvalue weighted by molar-refractivity contribution is -0.113. The van der Waals surface area contributed by atoms with Crippen molar-refractivity contribution in [3.05, 3.63) is 82.5 Å². The Bertz CT molecular complexity index is 1650. The van der Waals surface area contributed by atoms with Crippen LogP contribution in [0.15, 0.2) is 81.4 Å². The second kappa shape index (κ2) is 12.3. The summed E-state index contributed by atoms with van der Waals surface area (Å²) in [6.45, 7) is 10.4. The summed E-state index contributed by atoms with van der Waals surface area (Å²) >= 11 is 2.56. The first-order valence-electron chi connectivity index (χ1n) is 12.4. The second-order valence-corrected chi connectivity index (χ2v) is 12.5. The molecule has 0 saturated carbocycles. The quantitative estimate of drug-likeness (QED) is 0.145. The van der Waals surface area contributed by atoms with Crippen LogP contribution >= 0.6 is 23.1 Å². The minimum Gasteiger partial charge on any atom is -0.325 e. The highest BCUT2D eigenvalue weighted by atomic mass is 32.2. The van der Waals surface area contributed by atoms with Gasteiger partial charge in [0.25, 0.3) is 5.56 Å². The lowest BCUT2D eigenvalue weighted by Gasteiger charge is -2.18. The molecule has 0 aliphatic carbocycles. The van der Waals surface area contributed by atoms with Crippen LogP contribution in [-0.4, -0.2) is 47.0 Å². The number of aryl methyl sites for hydroxylation is 1. The molecule has 1 amide bonds. The SMILES string of the molecule is C=CCn1c(SCC(=O)Nc2ccc(S(=O)(=O)N(CC)CC)cc2)nc2scc(-c3ccc(C)cc3)c2c1=O. The molecule has 0 saturated heterocycles. The normalized spacial score (nSPS) is 11.7. The molecule has 39 heavy (non-hydrogen) atoms. The Labute approximate surface area is 236 Å². The highest BCUT2D eigenvalue weighted by Gasteiger charge is 2.22. The van der Waals surface area contributed by atoms with Crippen molar-refractivity contribution in [3.63, 3.8) is 0 Å². The topological polar surface area (TPSA) is 101 Å². The van der Waals surface area contributed by atoms with Crippen molar-refractivity contribution in [1.29, 1.82) is 0 Å². The lowest BCUT2D eigenvalue weighted by atomic mass is 10.1. The zero-order valence-corrected chi connectivity index (χ0v) is 24.5. The van der Waals surface area contributed by atoms with Gasteiger partial charge in [0.15, 0.2) is 5.16 Å². The fourth-order valence-corrected chi connectivity index (χ4v) is 7.36. The minimum absolute atomic E-state index is 0.0186. The van der Waals surface area contributed by atoms with Crippen LogP contribution in [0.1, 0.15) is 19.4 Å². The maximum absolute atomic E-state index is 13.5. The van der Waals surface area contributed by atoms with Gasteiger partial charge in [-0.15, -0.1) is 17.9 Å². The third-order valence-electron chi connectivity index (χ3n) is 6.15. The van der Waals surface area contributed by atoms with E-state index in [2.05, 4.69) is 11.9 Å². The molecule has 1 N–H and O–H groups in total. The molecule has 8 nitrogen and oxygen atoms in total. The maximum atomic E-state index is 13.5. The van der Waals surface area contributed by atoms with E-state index >= 15 is 0 Å². The van der Waals surface area contributed by atoms with E-state index < -0.39 is 10.0 Å². The smallest absolute Gasteiger partial charge is 0.263 e. The fourth-order valence-electron chi connectivity index (χ4n) is 4.10. The number of sulfonamides is 1. The molecule has 0 fully saturated rings. The van der Waals surface area contributed by atoms with Gasteiger partial charge in [-0.3, -0.25) is 14.2 Å². The molecule has 2 aromatic carbocycles. The van der Waals surface area contributed by atoms with Gasteiger partial charge in [0.1, 0.15) is 4.83 Å². The Hall–Kier alpha value is -3.25. The van der Waals surface area contributed by atoms with Crippen LogP contribution in [0, 0.1) is 6.92 Å². The molecule has 0 aliphatic heterocycles. The summed E-state index contributed by atoms with van der Waals surface area (Å²) in [7, 11) is -3.57. The van der Waals surface area contributed by atoms with Crippen molar-refractivity contribution in [3.8, 4) is 11.1 Å².